The fourth-order valence-electron chi connectivity index (χ4n) is 1.94. The van der Waals surface area contributed by atoms with E-state index in [-0.39, 0.29) is 12.6 Å². The second kappa shape index (κ2) is 5.01. The molecule has 0 aromatic carbocycles. The van der Waals surface area contributed by atoms with E-state index in [1.54, 1.807) is 18.5 Å². The van der Waals surface area contributed by atoms with Crippen molar-refractivity contribution in [1.29, 1.82) is 0 Å². The molecule has 7 heteroatoms. The number of nitrogens with zero attached hydrogens (tertiary/aromatic N) is 4. The molecule has 1 unspecified atom stereocenters. The van der Waals surface area contributed by atoms with E-state index in [4.69, 9.17) is 9.84 Å². The third-order valence-corrected chi connectivity index (χ3v) is 3.15. The average molecular weight is 254 g/mol. The molecule has 0 radical (unpaired) electrons. The van der Waals surface area contributed by atoms with Gasteiger partial charge in [-0.1, -0.05) is 0 Å². The number of aromatic nitrogens is 4. The fourth-order valence-corrected chi connectivity index (χ4v) is 1.94. The van der Waals surface area contributed by atoms with E-state index in [0.717, 1.165) is 19.3 Å². The number of ether oxygens (including phenoxy) is 1. The van der Waals surface area contributed by atoms with Gasteiger partial charge in [0.15, 0.2) is 5.82 Å². The SMILES string of the molecule is CC(C)(Cn1nnnc1C1CCCCO1)C(=O)O. The van der Waals surface area contributed by atoms with Gasteiger partial charge in [-0.3, -0.25) is 4.79 Å². The zero-order chi connectivity index (χ0) is 13.2. The average Bonchev–Trinajstić information content (AvgIpc) is 2.77. The van der Waals surface area contributed by atoms with Crippen molar-refractivity contribution in [2.75, 3.05) is 6.61 Å². The van der Waals surface area contributed by atoms with Crippen LogP contribution in [0.3, 0.4) is 0 Å². The van der Waals surface area contributed by atoms with Gasteiger partial charge in [-0.25, -0.2) is 4.68 Å². The number of rotatable bonds is 4. The van der Waals surface area contributed by atoms with Gasteiger partial charge in [0.2, 0.25) is 0 Å². The van der Waals surface area contributed by atoms with E-state index >= 15 is 0 Å². The summed E-state index contributed by atoms with van der Waals surface area (Å²) in [5, 5.41) is 20.6. The minimum absolute atomic E-state index is 0.113. The standard InChI is InChI=1S/C11H18N4O3/c1-11(2,10(16)17)7-15-9(12-13-14-15)8-5-3-4-6-18-8/h8H,3-7H2,1-2H3,(H,16,17). The Hall–Kier alpha value is -1.50. The highest BCUT2D eigenvalue weighted by atomic mass is 16.5. The van der Waals surface area contributed by atoms with E-state index in [1.165, 1.54) is 0 Å². The van der Waals surface area contributed by atoms with Gasteiger partial charge in [0.25, 0.3) is 0 Å². The number of carbonyl (C=O) groups is 1. The maximum absolute atomic E-state index is 11.1. The van der Waals surface area contributed by atoms with Gasteiger partial charge >= 0.3 is 5.97 Å². The van der Waals surface area contributed by atoms with Gasteiger partial charge in [-0.05, 0) is 43.5 Å². The summed E-state index contributed by atoms with van der Waals surface area (Å²) in [5.41, 5.74) is -0.904. The zero-order valence-corrected chi connectivity index (χ0v) is 10.7. The minimum Gasteiger partial charge on any atom is -0.481 e. The highest BCUT2D eigenvalue weighted by Gasteiger charge is 2.31. The van der Waals surface area contributed by atoms with E-state index in [2.05, 4.69) is 15.5 Å². The first-order chi connectivity index (χ1) is 8.50. The molecule has 0 aliphatic carbocycles. The third-order valence-electron chi connectivity index (χ3n) is 3.15. The molecule has 2 heterocycles. The lowest BCUT2D eigenvalue weighted by Gasteiger charge is -2.24. The van der Waals surface area contributed by atoms with Gasteiger partial charge in [-0.15, -0.1) is 5.10 Å². The Labute approximate surface area is 105 Å². The van der Waals surface area contributed by atoms with E-state index < -0.39 is 11.4 Å². The number of hydrogen-bond acceptors (Lipinski definition) is 5. The van der Waals surface area contributed by atoms with Crippen molar-refractivity contribution in [1.82, 2.24) is 20.2 Å². The van der Waals surface area contributed by atoms with Crippen LogP contribution in [0.1, 0.15) is 45.0 Å². The summed E-state index contributed by atoms with van der Waals surface area (Å²) in [4.78, 5) is 11.1. The minimum atomic E-state index is -0.904. The van der Waals surface area contributed by atoms with Crippen molar-refractivity contribution >= 4 is 5.97 Å². The number of hydrogen-bond donors (Lipinski definition) is 1. The Bertz CT molecular complexity index is 424. The maximum atomic E-state index is 11.1. The molecule has 0 amide bonds. The number of carboxylic acids is 1. The van der Waals surface area contributed by atoms with Crippen LogP contribution in [0.4, 0.5) is 0 Å². The summed E-state index contributed by atoms with van der Waals surface area (Å²) < 4.78 is 7.17. The van der Waals surface area contributed by atoms with Crippen molar-refractivity contribution < 1.29 is 14.6 Å². The lowest BCUT2D eigenvalue weighted by molar-refractivity contribution is -0.147. The second-order valence-electron chi connectivity index (χ2n) is 5.24. The Balaban J connectivity index is 2.14. The van der Waals surface area contributed by atoms with E-state index in [0.29, 0.717) is 12.4 Å². The monoisotopic (exact) mass is 254 g/mol. The largest absolute Gasteiger partial charge is 0.481 e. The summed E-state index contributed by atoms with van der Waals surface area (Å²) in [6.07, 6.45) is 2.91. The van der Waals surface area contributed by atoms with Crippen LogP contribution in [-0.4, -0.2) is 37.9 Å². The molecule has 1 aliphatic heterocycles. The number of carboxylic acid groups (broad SMARTS) is 1. The summed E-state index contributed by atoms with van der Waals surface area (Å²) in [5.74, 6) is -0.238. The molecular weight excluding hydrogens is 236 g/mol. The maximum Gasteiger partial charge on any atom is 0.310 e. The summed E-state index contributed by atoms with van der Waals surface area (Å²) >= 11 is 0. The first kappa shape index (κ1) is 12.9. The van der Waals surface area contributed by atoms with Crippen molar-refractivity contribution in [3.63, 3.8) is 0 Å². The fraction of sp³-hybridized carbons (Fsp3) is 0.818. The van der Waals surface area contributed by atoms with Gasteiger partial charge < -0.3 is 9.84 Å². The normalized spacial score (nSPS) is 20.9. The molecule has 0 spiro atoms. The lowest BCUT2D eigenvalue weighted by Crippen LogP contribution is -2.31. The van der Waals surface area contributed by atoms with Crippen molar-refractivity contribution in [3.8, 4) is 0 Å². The van der Waals surface area contributed by atoms with Crippen LogP contribution in [0.2, 0.25) is 0 Å². The molecule has 18 heavy (non-hydrogen) atoms. The summed E-state index contributed by atoms with van der Waals surface area (Å²) in [6.45, 7) is 4.26. The lowest BCUT2D eigenvalue weighted by atomic mass is 9.94. The Morgan fingerprint density at radius 2 is 2.33 bits per heavy atom. The second-order valence-corrected chi connectivity index (χ2v) is 5.24. The zero-order valence-electron chi connectivity index (χ0n) is 10.7. The molecule has 1 aromatic rings. The topological polar surface area (TPSA) is 90.1 Å². The molecule has 1 saturated heterocycles. The predicted octanol–water partition coefficient (Wildman–Crippen LogP) is 1.03. The first-order valence-electron chi connectivity index (χ1n) is 6.12. The number of tetrazole rings is 1. The molecule has 1 N–H and O–H groups in total. The van der Waals surface area contributed by atoms with E-state index in [9.17, 15) is 4.79 Å². The highest BCUT2D eigenvalue weighted by Crippen LogP contribution is 2.27. The predicted molar refractivity (Wildman–Crippen MR) is 61.8 cm³/mol. The van der Waals surface area contributed by atoms with Crippen molar-refractivity contribution in [2.24, 2.45) is 5.41 Å². The first-order valence-corrected chi connectivity index (χ1v) is 6.12. The van der Waals surface area contributed by atoms with Crippen LogP contribution >= 0.6 is 0 Å². The smallest absolute Gasteiger partial charge is 0.310 e. The molecule has 2 rings (SSSR count). The van der Waals surface area contributed by atoms with Crippen LogP contribution in [-0.2, 0) is 16.1 Å². The van der Waals surface area contributed by atoms with Gasteiger partial charge in [0.05, 0.1) is 12.0 Å². The van der Waals surface area contributed by atoms with Gasteiger partial charge in [0, 0.05) is 6.61 Å². The van der Waals surface area contributed by atoms with Crippen LogP contribution in [0.5, 0.6) is 0 Å². The number of aliphatic carboxylic acids is 1. The van der Waals surface area contributed by atoms with Crippen LogP contribution in [0.15, 0.2) is 0 Å². The Morgan fingerprint density at radius 1 is 1.56 bits per heavy atom. The summed E-state index contributed by atoms with van der Waals surface area (Å²) in [7, 11) is 0. The molecule has 100 valence electrons. The van der Waals surface area contributed by atoms with Crippen molar-refractivity contribution in [3.05, 3.63) is 5.82 Å². The van der Waals surface area contributed by atoms with Crippen LogP contribution < -0.4 is 0 Å². The van der Waals surface area contributed by atoms with Crippen molar-refractivity contribution in [2.45, 2.75) is 45.8 Å². The molecule has 1 aliphatic rings. The molecule has 0 bridgehead atoms. The Morgan fingerprint density at radius 3 is 2.94 bits per heavy atom. The summed E-state index contributed by atoms with van der Waals surface area (Å²) in [6, 6.07) is 0. The van der Waals surface area contributed by atoms with Crippen LogP contribution in [0.25, 0.3) is 0 Å². The molecule has 1 aromatic heterocycles. The highest BCUT2D eigenvalue weighted by molar-refractivity contribution is 5.73. The Kier molecular flexibility index (Phi) is 3.60. The van der Waals surface area contributed by atoms with E-state index in [1.807, 2.05) is 0 Å². The quantitative estimate of drug-likeness (QED) is 0.862. The molecular formula is C11H18N4O3. The molecule has 1 fully saturated rings. The molecule has 7 nitrogen and oxygen atoms in total. The van der Waals surface area contributed by atoms with Gasteiger partial charge in [-0.2, -0.15) is 0 Å². The molecule has 0 saturated carbocycles. The molecule has 1 atom stereocenters. The third kappa shape index (κ3) is 2.66. The van der Waals surface area contributed by atoms with Crippen LogP contribution in [0, 0.1) is 5.41 Å². The van der Waals surface area contributed by atoms with Gasteiger partial charge in [0.1, 0.15) is 6.10 Å².